The summed E-state index contributed by atoms with van der Waals surface area (Å²) in [5, 5.41) is 3.07. The van der Waals surface area contributed by atoms with Crippen molar-refractivity contribution in [2.45, 2.75) is 71.0 Å². The number of hydrogen-bond donors (Lipinski definition) is 1. The molecular weight excluding hydrogens is 662 g/mol. The van der Waals surface area contributed by atoms with Gasteiger partial charge in [0.05, 0.1) is 10.6 Å². The largest absolute Gasteiger partial charge is 0.352 e. The Balaban J connectivity index is 1.84. The monoisotopic (exact) mass is 703 g/mol. The average molecular weight is 705 g/mol. The topological polar surface area (TPSA) is 86.8 Å². The van der Waals surface area contributed by atoms with Crippen molar-refractivity contribution in [2.75, 3.05) is 10.8 Å². The molecule has 0 heterocycles. The van der Waals surface area contributed by atoms with Gasteiger partial charge in [-0.05, 0) is 86.7 Å². The molecule has 0 aromatic heterocycles. The van der Waals surface area contributed by atoms with Crippen LogP contribution in [0.15, 0.2) is 106 Å². The molecule has 0 saturated heterocycles. The number of nitrogens with zero attached hydrogens (tertiary/aromatic N) is 2. The van der Waals surface area contributed by atoms with E-state index in [1.807, 2.05) is 95.3 Å². The van der Waals surface area contributed by atoms with Gasteiger partial charge >= 0.3 is 0 Å². The van der Waals surface area contributed by atoms with Gasteiger partial charge in [0.25, 0.3) is 10.0 Å². The molecule has 1 N–H and O–H groups in total. The van der Waals surface area contributed by atoms with E-state index in [2.05, 4.69) is 21.2 Å². The van der Waals surface area contributed by atoms with Gasteiger partial charge in [-0.15, -0.1) is 0 Å². The summed E-state index contributed by atoms with van der Waals surface area (Å²) in [6, 6.07) is 28.1. The van der Waals surface area contributed by atoms with E-state index in [1.165, 1.54) is 9.21 Å². The summed E-state index contributed by atoms with van der Waals surface area (Å²) in [6.45, 7) is 9.18. The maximum absolute atomic E-state index is 14.7. The summed E-state index contributed by atoms with van der Waals surface area (Å²) < 4.78 is 30.7. The number of rotatable bonds is 13. The molecule has 0 unspecified atom stereocenters. The molecule has 2 atom stereocenters. The van der Waals surface area contributed by atoms with Gasteiger partial charge in [0.15, 0.2) is 0 Å². The highest BCUT2D eigenvalue weighted by atomic mass is 79.9. The lowest BCUT2D eigenvalue weighted by molar-refractivity contribution is -0.140. The first-order chi connectivity index (χ1) is 21.9. The normalized spacial score (nSPS) is 12.7. The Morgan fingerprint density at radius 1 is 0.848 bits per heavy atom. The summed E-state index contributed by atoms with van der Waals surface area (Å²) in [7, 11) is -4.17. The molecule has 46 heavy (non-hydrogen) atoms. The van der Waals surface area contributed by atoms with Crippen LogP contribution in [0.4, 0.5) is 5.69 Å². The predicted molar refractivity (Wildman–Crippen MR) is 188 cm³/mol. The van der Waals surface area contributed by atoms with Gasteiger partial charge in [0, 0.05) is 23.5 Å². The number of benzene rings is 4. The second-order valence-corrected chi connectivity index (χ2v) is 14.5. The molecule has 0 bridgehead atoms. The summed E-state index contributed by atoms with van der Waals surface area (Å²) in [6.07, 6.45) is 0.982. The maximum atomic E-state index is 14.7. The molecule has 0 fully saturated rings. The third-order valence-corrected chi connectivity index (χ3v) is 10.5. The van der Waals surface area contributed by atoms with E-state index >= 15 is 0 Å². The molecule has 0 saturated carbocycles. The Hall–Kier alpha value is -3.95. The van der Waals surface area contributed by atoms with Gasteiger partial charge in [-0.3, -0.25) is 13.9 Å². The van der Waals surface area contributed by atoms with Crippen LogP contribution in [-0.2, 0) is 32.6 Å². The first-order valence-electron chi connectivity index (χ1n) is 15.4. The number of anilines is 1. The molecule has 0 spiro atoms. The molecule has 4 rings (SSSR count). The van der Waals surface area contributed by atoms with Crippen LogP contribution in [0.25, 0.3) is 0 Å². The minimum Gasteiger partial charge on any atom is -0.352 e. The van der Waals surface area contributed by atoms with E-state index in [4.69, 9.17) is 0 Å². The number of carbonyl (C=O) groups is 2. The highest BCUT2D eigenvalue weighted by Gasteiger charge is 2.35. The van der Waals surface area contributed by atoms with Gasteiger partial charge in [-0.2, -0.15) is 0 Å². The minimum absolute atomic E-state index is 0.0840. The highest BCUT2D eigenvalue weighted by molar-refractivity contribution is 9.10. The fourth-order valence-corrected chi connectivity index (χ4v) is 7.10. The summed E-state index contributed by atoms with van der Waals surface area (Å²) in [5.74, 6) is -0.780. The van der Waals surface area contributed by atoms with Crippen LogP contribution < -0.4 is 9.62 Å². The molecule has 7 nitrogen and oxygen atoms in total. The van der Waals surface area contributed by atoms with Crippen LogP contribution in [0.2, 0.25) is 0 Å². The zero-order valence-electron chi connectivity index (χ0n) is 27.0. The average Bonchev–Trinajstić information content (AvgIpc) is 3.03. The number of carbonyl (C=O) groups excluding carboxylic acids is 2. The summed E-state index contributed by atoms with van der Waals surface area (Å²) >= 11 is 3.52. The van der Waals surface area contributed by atoms with Crippen molar-refractivity contribution >= 4 is 43.5 Å². The van der Waals surface area contributed by atoms with Crippen molar-refractivity contribution in [3.63, 3.8) is 0 Å². The van der Waals surface area contributed by atoms with E-state index in [0.29, 0.717) is 5.69 Å². The van der Waals surface area contributed by atoms with E-state index in [0.717, 1.165) is 38.7 Å². The lowest BCUT2D eigenvalue weighted by Crippen LogP contribution is -2.54. The number of hydrogen-bond acceptors (Lipinski definition) is 4. The number of sulfonamides is 1. The van der Waals surface area contributed by atoms with E-state index < -0.39 is 28.5 Å². The van der Waals surface area contributed by atoms with Crippen LogP contribution >= 0.6 is 15.9 Å². The Labute approximate surface area is 281 Å². The van der Waals surface area contributed by atoms with Crippen LogP contribution in [0.3, 0.4) is 0 Å². The van der Waals surface area contributed by atoms with Crippen molar-refractivity contribution < 1.29 is 18.0 Å². The molecule has 0 aliphatic carbocycles. The zero-order valence-corrected chi connectivity index (χ0v) is 29.4. The van der Waals surface area contributed by atoms with E-state index in [9.17, 15) is 18.0 Å². The van der Waals surface area contributed by atoms with Gasteiger partial charge in [-0.1, -0.05) is 95.1 Å². The fourth-order valence-electron chi connectivity index (χ4n) is 5.18. The Kier molecular flexibility index (Phi) is 11.8. The van der Waals surface area contributed by atoms with E-state index in [-0.39, 0.29) is 29.8 Å². The number of nitrogens with one attached hydrogen (secondary N) is 1. The van der Waals surface area contributed by atoms with Crippen molar-refractivity contribution in [1.82, 2.24) is 10.2 Å². The second kappa shape index (κ2) is 15.6. The third-order valence-electron chi connectivity index (χ3n) is 8.25. The Morgan fingerprint density at radius 3 is 2.15 bits per heavy atom. The quantitative estimate of drug-likeness (QED) is 0.161. The molecule has 4 aromatic carbocycles. The third kappa shape index (κ3) is 8.65. The highest BCUT2D eigenvalue weighted by Crippen LogP contribution is 2.29. The fraction of sp³-hybridized carbons (Fsp3) is 0.297. The first kappa shape index (κ1) is 34.9. The SMILES string of the molecule is CC[C@@H](C)NC(=O)[C@H](Cc1ccccc1)N(Cc1cccc(Br)c1)C(=O)CN(c1cccc(C)c1C)S(=O)(=O)c1ccc(C)cc1. The van der Waals surface area contributed by atoms with Crippen molar-refractivity contribution in [1.29, 1.82) is 0 Å². The summed E-state index contributed by atoms with van der Waals surface area (Å²) in [5.41, 5.74) is 4.67. The van der Waals surface area contributed by atoms with Crippen molar-refractivity contribution in [3.8, 4) is 0 Å². The summed E-state index contributed by atoms with van der Waals surface area (Å²) in [4.78, 5) is 30.2. The molecule has 0 aliphatic heterocycles. The Morgan fingerprint density at radius 2 is 1.50 bits per heavy atom. The molecule has 2 amide bonds. The number of aryl methyl sites for hydroxylation is 2. The molecular formula is C37H42BrN3O4S. The minimum atomic E-state index is -4.17. The van der Waals surface area contributed by atoms with Gasteiger partial charge in [-0.25, -0.2) is 8.42 Å². The lowest BCUT2D eigenvalue weighted by atomic mass is 10.0. The standard InChI is InChI=1S/C37H42BrN3O4S/c1-6-28(4)39-37(43)35(23-30-13-8-7-9-14-30)40(24-31-15-11-16-32(38)22-31)36(42)25-41(34-17-10-12-27(3)29(34)5)46(44,45)33-20-18-26(2)19-21-33/h7-22,28,35H,6,23-25H2,1-5H3,(H,39,43)/t28-,35+/m1/s1. The number of amides is 2. The smallest absolute Gasteiger partial charge is 0.264 e. The van der Waals surface area contributed by atoms with Gasteiger partial charge in [0.2, 0.25) is 11.8 Å². The Bertz CT molecular complexity index is 1760. The van der Waals surface area contributed by atoms with Gasteiger partial charge < -0.3 is 10.2 Å². The molecule has 0 radical (unpaired) electrons. The predicted octanol–water partition coefficient (Wildman–Crippen LogP) is 7.12. The van der Waals surface area contributed by atoms with Gasteiger partial charge in [0.1, 0.15) is 12.6 Å². The molecule has 0 aliphatic rings. The van der Waals surface area contributed by atoms with Crippen LogP contribution in [0, 0.1) is 20.8 Å². The van der Waals surface area contributed by atoms with Crippen molar-refractivity contribution in [3.05, 3.63) is 129 Å². The lowest BCUT2D eigenvalue weighted by Gasteiger charge is -2.34. The van der Waals surface area contributed by atoms with Crippen LogP contribution in [-0.4, -0.2) is 43.8 Å². The van der Waals surface area contributed by atoms with Crippen LogP contribution in [0.1, 0.15) is 48.1 Å². The molecule has 9 heteroatoms. The molecule has 242 valence electrons. The molecule has 4 aromatic rings. The van der Waals surface area contributed by atoms with Crippen molar-refractivity contribution in [2.24, 2.45) is 0 Å². The maximum Gasteiger partial charge on any atom is 0.264 e. The van der Waals surface area contributed by atoms with Crippen LogP contribution in [0.5, 0.6) is 0 Å². The van der Waals surface area contributed by atoms with E-state index in [1.54, 1.807) is 36.4 Å². The second-order valence-electron chi connectivity index (χ2n) is 11.7. The first-order valence-corrected chi connectivity index (χ1v) is 17.7. The number of halogens is 1. The zero-order chi connectivity index (χ0) is 33.4.